The van der Waals surface area contributed by atoms with E-state index in [2.05, 4.69) is 16.9 Å². The molecule has 2 aromatic heterocycles. The van der Waals surface area contributed by atoms with Crippen molar-refractivity contribution in [1.82, 2.24) is 4.98 Å². The van der Waals surface area contributed by atoms with Crippen LogP contribution in [0.1, 0.15) is 20.8 Å². The van der Waals surface area contributed by atoms with Crippen LogP contribution in [0.25, 0.3) is 21.5 Å². The SMILES string of the molecule is C=CCOc1ccc(-c2cc(C(F)(F)F)c3c(N)c(C(=O)Nc4cccc(C(F)(F)F)c4)sc3n2)cc1. The molecule has 0 fully saturated rings. The summed E-state index contributed by atoms with van der Waals surface area (Å²) in [5.41, 5.74) is 3.55. The van der Waals surface area contributed by atoms with Crippen molar-refractivity contribution in [2.24, 2.45) is 0 Å². The van der Waals surface area contributed by atoms with Crippen LogP contribution in [0.15, 0.2) is 67.3 Å². The summed E-state index contributed by atoms with van der Waals surface area (Å²) in [5, 5.41) is 1.80. The summed E-state index contributed by atoms with van der Waals surface area (Å²) in [4.78, 5) is 16.6. The zero-order chi connectivity index (χ0) is 27.0. The van der Waals surface area contributed by atoms with E-state index in [4.69, 9.17) is 10.5 Å². The van der Waals surface area contributed by atoms with Crippen molar-refractivity contribution >= 4 is 38.8 Å². The maximum absolute atomic E-state index is 14.0. The molecule has 0 spiro atoms. The molecule has 0 atom stereocenters. The van der Waals surface area contributed by atoms with Gasteiger partial charge in [0.15, 0.2) is 0 Å². The molecule has 0 aliphatic carbocycles. The second kappa shape index (κ2) is 9.77. The van der Waals surface area contributed by atoms with Gasteiger partial charge in [0.2, 0.25) is 0 Å². The highest BCUT2D eigenvalue weighted by molar-refractivity contribution is 7.21. The number of carbonyl (C=O) groups excluding carboxylic acids is 1. The first-order chi connectivity index (χ1) is 17.4. The van der Waals surface area contributed by atoms with E-state index in [-0.39, 0.29) is 27.7 Å². The number of nitrogens with one attached hydrogen (secondary N) is 1. The van der Waals surface area contributed by atoms with E-state index < -0.39 is 40.5 Å². The van der Waals surface area contributed by atoms with E-state index in [1.165, 1.54) is 18.2 Å². The average molecular weight is 537 g/mol. The van der Waals surface area contributed by atoms with Crippen LogP contribution in [0.5, 0.6) is 5.75 Å². The second-order valence-corrected chi connectivity index (χ2v) is 8.73. The van der Waals surface area contributed by atoms with Crippen LogP contribution in [-0.2, 0) is 12.4 Å². The molecule has 12 heteroatoms. The number of carbonyl (C=O) groups is 1. The van der Waals surface area contributed by atoms with Crippen molar-refractivity contribution in [1.29, 1.82) is 0 Å². The Morgan fingerprint density at radius 1 is 1.05 bits per heavy atom. The van der Waals surface area contributed by atoms with E-state index >= 15 is 0 Å². The van der Waals surface area contributed by atoms with Crippen molar-refractivity contribution in [2.75, 3.05) is 17.7 Å². The fourth-order valence-electron chi connectivity index (χ4n) is 3.50. The van der Waals surface area contributed by atoms with E-state index in [1.54, 1.807) is 18.2 Å². The molecule has 2 aromatic carbocycles. The molecular weight excluding hydrogens is 520 g/mol. The zero-order valence-electron chi connectivity index (χ0n) is 18.7. The number of ether oxygens (including phenoxy) is 1. The highest BCUT2D eigenvalue weighted by atomic mass is 32.1. The summed E-state index contributed by atoms with van der Waals surface area (Å²) in [6.45, 7) is 3.79. The predicted octanol–water partition coefficient (Wildman–Crippen LogP) is 7.40. The van der Waals surface area contributed by atoms with Gasteiger partial charge in [0, 0.05) is 16.6 Å². The normalized spacial score (nSPS) is 11.9. The first-order valence-corrected chi connectivity index (χ1v) is 11.3. The fourth-order valence-corrected chi connectivity index (χ4v) is 4.51. The molecule has 0 radical (unpaired) electrons. The van der Waals surface area contributed by atoms with Crippen LogP contribution in [0, 0.1) is 0 Å². The van der Waals surface area contributed by atoms with Crippen LogP contribution in [0.4, 0.5) is 37.7 Å². The van der Waals surface area contributed by atoms with Crippen LogP contribution in [-0.4, -0.2) is 17.5 Å². The van der Waals surface area contributed by atoms with Gasteiger partial charge in [-0.15, -0.1) is 11.3 Å². The van der Waals surface area contributed by atoms with Crippen LogP contribution >= 0.6 is 11.3 Å². The number of hydrogen-bond acceptors (Lipinski definition) is 5. The summed E-state index contributed by atoms with van der Waals surface area (Å²) in [7, 11) is 0. The van der Waals surface area contributed by atoms with Gasteiger partial charge < -0.3 is 15.8 Å². The number of anilines is 2. The van der Waals surface area contributed by atoms with Crippen molar-refractivity contribution in [3.05, 3.63) is 83.3 Å². The molecule has 2 heterocycles. The van der Waals surface area contributed by atoms with Gasteiger partial charge in [-0.2, -0.15) is 26.3 Å². The zero-order valence-corrected chi connectivity index (χ0v) is 19.5. The number of rotatable bonds is 6. The summed E-state index contributed by atoms with van der Waals surface area (Å²) in [5.74, 6) is -0.479. The van der Waals surface area contributed by atoms with Gasteiger partial charge in [0.1, 0.15) is 22.1 Å². The van der Waals surface area contributed by atoms with Gasteiger partial charge >= 0.3 is 12.4 Å². The molecule has 37 heavy (non-hydrogen) atoms. The van der Waals surface area contributed by atoms with Crippen LogP contribution in [0.2, 0.25) is 0 Å². The monoisotopic (exact) mass is 537 g/mol. The standard InChI is InChI=1S/C25H17F6N3O2S/c1-2-10-36-16-8-6-13(7-9-16)18-12-17(25(29,30)31)19-20(32)21(37-23(19)34-18)22(35)33-15-5-3-4-14(11-15)24(26,27)28/h2-9,11-12H,1,10,32H2,(H,33,35). The third-order valence-electron chi connectivity index (χ3n) is 5.18. The molecule has 3 N–H and O–H groups in total. The molecule has 0 aliphatic heterocycles. The molecule has 1 amide bonds. The maximum Gasteiger partial charge on any atom is 0.417 e. The second-order valence-electron chi connectivity index (χ2n) is 7.73. The van der Waals surface area contributed by atoms with Crippen molar-refractivity contribution in [3.8, 4) is 17.0 Å². The molecule has 4 aromatic rings. The Kier molecular flexibility index (Phi) is 6.87. The highest BCUT2D eigenvalue weighted by Gasteiger charge is 2.36. The molecule has 0 unspecified atom stereocenters. The number of fused-ring (bicyclic) bond motifs is 1. The van der Waals surface area contributed by atoms with Gasteiger partial charge in [-0.3, -0.25) is 4.79 Å². The number of halogens is 6. The lowest BCUT2D eigenvalue weighted by atomic mass is 10.1. The number of pyridine rings is 1. The number of alkyl halides is 6. The minimum Gasteiger partial charge on any atom is -0.490 e. The third kappa shape index (κ3) is 5.53. The van der Waals surface area contributed by atoms with Gasteiger partial charge in [0.05, 0.1) is 22.5 Å². The highest BCUT2D eigenvalue weighted by Crippen LogP contribution is 2.44. The molecule has 0 bridgehead atoms. The van der Waals surface area contributed by atoms with Gasteiger partial charge in [-0.25, -0.2) is 4.98 Å². The molecule has 5 nitrogen and oxygen atoms in total. The number of nitrogens with zero attached hydrogens (tertiary/aromatic N) is 1. The molecule has 0 saturated heterocycles. The number of hydrogen-bond donors (Lipinski definition) is 2. The number of aromatic nitrogens is 1. The maximum atomic E-state index is 14.0. The first-order valence-electron chi connectivity index (χ1n) is 10.5. The molecule has 4 rings (SSSR count). The van der Waals surface area contributed by atoms with Crippen molar-refractivity contribution in [2.45, 2.75) is 12.4 Å². The largest absolute Gasteiger partial charge is 0.490 e. The Hall–Kier alpha value is -4.06. The van der Waals surface area contributed by atoms with Gasteiger partial charge in [0.25, 0.3) is 5.91 Å². The lowest BCUT2D eigenvalue weighted by molar-refractivity contribution is -0.138. The van der Waals surface area contributed by atoms with Gasteiger partial charge in [-0.05, 0) is 48.5 Å². The minimum absolute atomic E-state index is 0.0128. The molecule has 0 saturated carbocycles. The quantitative estimate of drug-likeness (QED) is 0.199. The summed E-state index contributed by atoms with van der Waals surface area (Å²) < 4.78 is 86.3. The Bertz CT molecular complexity index is 1480. The Balaban J connectivity index is 1.75. The summed E-state index contributed by atoms with van der Waals surface area (Å²) in [6.07, 6.45) is -7.93. The van der Waals surface area contributed by atoms with E-state index in [0.717, 1.165) is 18.2 Å². The minimum atomic E-state index is -4.83. The topological polar surface area (TPSA) is 77.2 Å². The Morgan fingerprint density at radius 2 is 1.76 bits per heavy atom. The number of thiophene rings is 1. The number of nitrogen functional groups attached to an aromatic ring is 1. The summed E-state index contributed by atoms with van der Waals surface area (Å²) in [6, 6.07) is 10.9. The lowest BCUT2D eigenvalue weighted by Gasteiger charge is -2.12. The molecular formula is C25H17F6N3O2S. The average Bonchev–Trinajstić information content (AvgIpc) is 3.18. The fraction of sp³-hybridized carbons (Fsp3) is 0.120. The van der Waals surface area contributed by atoms with E-state index in [9.17, 15) is 31.1 Å². The van der Waals surface area contributed by atoms with Crippen LogP contribution < -0.4 is 15.8 Å². The number of benzene rings is 2. The lowest BCUT2D eigenvalue weighted by Crippen LogP contribution is -2.13. The molecule has 0 aliphatic rings. The number of nitrogens with two attached hydrogens (primary N) is 1. The first kappa shape index (κ1) is 26.0. The number of amides is 1. The Morgan fingerprint density at radius 3 is 2.38 bits per heavy atom. The third-order valence-corrected chi connectivity index (χ3v) is 6.27. The smallest absolute Gasteiger partial charge is 0.417 e. The van der Waals surface area contributed by atoms with Crippen molar-refractivity contribution < 1.29 is 35.9 Å². The van der Waals surface area contributed by atoms with Crippen LogP contribution in [0.3, 0.4) is 0 Å². The van der Waals surface area contributed by atoms with Crippen molar-refractivity contribution in [3.63, 3.8) is 0 Å². The summed E-state index contributed by atoms with van der Waals surface area (Å²) >= 11 is 0.608. The van der Waals surface area contributed by atoms with E-state index in [0.29, 0.717) is 28.7 Å². The van der Waals surface area contributed by atoms with Gasteiger partial charge in [-0.1, -0.05) is 18.7 Å². The Labute approximate surface area is 210 Å². The molecule has 192 valence electrons. The predicted molar refractivity (Wildman–Crippen MR) is 130 cm³/mol. The van der Waals surface area contributed by atoms with E-state index in [1.807, 2.05) is 0 Å².